The van der Waals surface area contributed by atoms with E-state index in [1.54, 1.807) is 0 Å². The van der Waals surface area contributed by atoms with Gasteiger partial charge in [0.1, 0.15) is 5.44 Å². The van der Waals surface area contributed by atoms with Crippen LogP contribution in [0, 0.1) is 5.92 Å². The molecule has 0 rings (SSSR count). The molecule has 2 atom stereocenters. The van der Waals surface area contributed by atoms with Crippen molar-refractivity contribution in [1.29, 1.82) is 0 Å². The molecule has 0 radical (unpaired) electrons. The summed E-state index contributed by atoms with van der Waals surface area (Å²) in [5, 5.41) is 17.8. The zero-order valence-electron chi connectivity index (χ0n) is 8.70. The molecule has 0 bridgehead atoms. The number of hydrogen-bond donors (Lipinski definition) is 2. The molecule has 0 amide bonds. The summed E-state index contributed by atoms with van der Waals surface area (Å²) in [6.07, 6.45) is 4.93. The average molecular weight is 206 g/mol. The van der Waals surface area contributed by atoms with Crippen LogP contribution in [0.25, 0.3) is 0 Å². The van der Waals surface area contributed by atoms with Crippen LogP contribution in [-0.2, 0) is 0 Å². The molecule has 80 valence electrons. The van der Waals surface area contributed by atoms with Gasteiger partial charge in [-0.25, -0.2) is 0 Å². The molecule has 0 fully saturated rings. The van der Waals surface area contributed by atoms with Crippen LogP contribution in [0.2, 0.25) is 0 Å². The summed E-state index contributed by atoms with van der Waals surface area (Å²) in [4.78, 5) is 0. The largest absolute Gasteiger partial charge is 0.393 e. The molecule has 0 aliphatic carbocycles. The van der Waals surface area contributed by atoms with Gasteiger partial charge in [-0.3, -0.25) is 0 Å². The first-order valence-electron chi connectivity index (χ1n) is 5.15. The smallest absolute Gasteiger partial charge is 0.122 e. The molecule has 0 aliphatic rings. The fourth-order valence-electron chi connectivity index (χ4n) is 1.20. The van der Waals surface area contributed by atoms with Crippen molar-refractivity contribution in [3.8, 4) is 0 Å². The number of rotatable bonds is 8. The second-order valence-corrected chi connectivity index (χ2v) is 4.60. The van der Waals surface area contributed by atoms with Crippen molar-refractivity contribution in [2.24, 2.45) is 5.92 Å². The first-order chi connectivity index (χ1) is 6.24. The highest BCUT2D eigenvalue weighted by atomic mass is 32.2. The second-order valence-electron chi connectivity index (χ2n) is 3.39. The van der Waals surface area contributed by atoms with E-state index in [1.165, 1.54) is 37.4 Å². The van der Waals surface area contributed by atoms with Gasteiger partial charge < -0.3 is 10.2 Å². The van der Waals surface area contributed by atoms with Crippen molar-refractivity contribution in [3.63, 3.8) is 0 Å². The first kappa shape index (κ1) is 13.3. The van der Waals surface area contributed by atoms with Gasteiger partial charge in [0.15, 0.2) is 0 Å². The predicted molar refractivity (Wildman–Crippen MR) is 58.9 cm³/mol. The van der Waals surface area contributed by atoms with Crippen LogP contribution in [0.1, 0.15) is 39.5 Å². The minimum absolute atomic E-state index is 0.130. The Labute approximate surface area is 85.7 Å². The SMILES string of the molecule is CCCCC(CC)CSC(O)CO. The van der Waals surface area contributed by atoms with Crippen LogP contribution < -0.4 is 0 Å². The Morgan fingerprint density at radius 1 is 1.31 bits per heavy atom. The number of hydrogen-bond acceptors (Lipinski definition) is 3. The van der Waals surface area contributed by atoms with Gasteiger partial charge in [-0.15, -0.1) is 11.8 Å². The van der Waals surface area contributed by atoms with Crippen molar-refractivity contribution in [3.05, 3.63) is 0 Å². The molecule has 2 nitrogen and oxygen atoms in total. The third kappa shape index (κ3) is 7.35. The summed E-state index contributed by atoms with van der Waals surface area (Å²) < 4.78 is 0. The van der Waals surface area contributed by atoms with Crippen LogP contribution in [-0.4, -0.2) is 28.0 Å². The van der Waals surface area contributed by atoms with E-state index in [9.17, 15) is 0 Å². The summed E-state index contributed by atoms with van der Waals surface area (Å²) >= 11 is 1.47. The Morgan fingerprint density at radius 2 is 2.00 bits per heavy atom. The van der Waals surface area contributed by atoms with E-state index in [0.29, 0.717) is 5.92 Å². The number of aliphatic hydroxyl groups is 2. The average Bonchev–Trinajstić information content (AvgIpc) is 2.17. The standard InChI is InChI=1S/C10H22O2S/c1-3-5-6-9(4-2)8-13-10(12)7-11/h9-12H,3-8H2,1-2H3. The van der Waals surface area contributed by atoms with Gasteiger partial charge in [0, 0.05) is 0 Å². The maximum absolute atomic E-state index is 9.14. The van der Waals surface area contributed by atoms with Crippen LogP contribution in [0.5, 0.6) is 0 Å². The Balaban J connectivity index is 3.46. The molecule has 13 heavy (non-hydrogen) atoms. The molecular weight excluding hydrogens is 184 g/mol. The van der Waals surface area contributed by atoms with E-state index >= 15 is 0 Å². The number of thioether (sulfide) groups is 1. The molecule has 2 N–H and O–H groups in total. The van der Waals surface area contributed by atoms with Crippen molar-refractivity contribution < 1.29 is 10.2 Å². The summed E-state index contributed by atoms with van der Waals surface area (Å²) in [5.41, 5.74) is -0.587. The molecule has 0 aromatic heterocycles. The third-order valence-electron chi connectivity index (χ3n) is 2.22. The van der Waals surface area contributed by atoms with Crippen LogP contribution in [0.15, 0.2) is 0 Å². The lowest BCUT2D eigenvalue weighted by atomic mass is 10.0. The predicted octanol–water partition coefficient (Wildman–Crippen LogP) is 2.25. The zero-order chi connectivity index (χ0) is 10.1. The van der Waals surface area contributed by atoms with E-state index in [0.717, 1.165) is 5.75 Å². The van der Waals surface area contributed by atoms with E-state index in [-0.39, 0.29) is 6.61 Å². The lowest BCUT2D eigenvalue weighted by Gasteiger charge is -2.15. The lowest BCUT2D eigenvalue weighted by molar-refractivity contribution is 0.160. The van der Waals surface area contributed by atoms with Crippen LogP contribution in [0.3, 0.4) is 0 Å². The van der Waals surface area contributed by atoms with Gasteiger partial charge >= 0.3 is 0 Å². The van der Waals surface area contributed by atoms with Gasteiger partial charge in [0.2, 0.25) is 0 Å². The van der Waals surface area contributed by atoms with E-state index in [4.69, 9.17) is 10.2 Å². The Kier molecular flexibility index (Phi) is 9.03. The van der Waals surface area contributed by atoms with Crippen molar-refractivity contribution in [2.45, 2.75) is 45.0 Å². The molecule has 0 spiro atoms. The minimum Gasteiger partial charge on any atom is -0.393 e. The maximum Gasteiger partial charge on any atom is 0.122 e. The lowest BCUT2D eigenvalue weighted by Crippen LogP contribution is -2.11. The van der Waals surface area contributed by atoms with Crippen LogP contribution >= 0.6 is 11.8 Å². The summed E-state index contributed by atoms with van der Waals surface area (Å²) in [7, 11) is 0. The normalized spacial score (nSPS) is 15.7. The second kappa shape index (κ2) is 8.85. The van der Waals surface area contributed by atoms with Crippen molar-refractivity contribution in [2.75, 3.05) is 12.4 Å². The fourth-order valence-corrected chi connectivity index (χ4v) is 2.20. The van der Waals surface area contributed by atoms with Crippen LogP contribution in [0.4, 0.5) is 0 Å². The maximum atomic E-state index is 9.14. The Hall–Kier alpha value is 0.270. The van der Waals surface area contributed by atoms with Crippen molar-refractivity contribution in [1.82, 2.24) is 0 Å². The highest BCUT2D eigenvalue weighted by Crippen LogP contribution is 2.20. The monoisotopic (exact) mass is 206 g/mol. The molecular formula is C10H22O2S. The summed E-state index contributed by atoms with van der Waals surface area (Å²) in [6, 6.07) is 0. The minimum atomic E-state index is -0.587. The summed E-state index contributed by atoms with van der Waals surface area (Å²) in [6.45, 7) is 4.25. The number of aliphatic hydroxyl groups excluding tert-OH is 2. The highest BCUT2D eigenvalue weighted by molar-refractivity contribution is 7.99. The van der Waals surface area contributed by atoms with Crippen molar-refractivity contribution >= 4 is 11.8 Å². The topological polar surface area (TPSA) is 40.5 Å². The summed E-state index contributed by atoms with van der Waals surface area (Å²) in [5.74, 6) is 1.67. The van der Waals surface area contributed by atoms with Gasteiger partial charge in [0.05, 0.1) is 6.61 Å². The molecule has 0 saturated heterocycles. The molecule has 0 saturated carbocycles. The molecule has 0 aromatic carbocycles. The van der Waals surface area contributed by atoms with Gasteiger partial charge in [-0.05, 0) is 18.1 Å². The van der Waals surface area contributed by atoms with Gasteiger partial charge in [0.25, 0.3) is 0 Å². The van der Waals surface area contributed by atoms with E-state index in [2.05, 4.69) is 13.8 Å². The Bertz CT molecular complexity index is 109. The molecule has 0 heterocycles. The molecule has 0 aromatic rings. The first-order valence-corrected chi connectivity index (χ1v) is 6.19. The molecule has 3 heteroatoms. The quantitative estimate of drug-likeness (QED) is 0.598. The molecule has 0 aliphatic heterocycles. The fraction of sp³-hybridized carbons (Fsp3) is 1.00. The third-order valence-corrected chi connectivity index (χ3v) is 3.42. The van der Waals surface area contributed by atoms with Gasteiger partial charge in [-0.1, -0.05) is 33.1 Å². The van der Waals surface area contributed by atoms with E-state index < -0.39 is 5.44 Å². The van der Waals surface area contributed by atoms with Gasteiger partial charge in [-0.2, -0.15) is 0 Å². The zero-order valence-corrected chi connectivity index (χ0v) is 9.52. The number of unbranched alkanes of at least 4 members (excludes halogenated alkanes) is 1. The molecule has 2 unspecified atom stereocenters. The Morgan fingerprint density at radius 3 is 2.46 bits per heavy atom. The highest BCUT2D eigenvalue weighted by Gasteiger charge is 2.09. The van der Waals surface area contributed by atoms with E-state index in [1.807, 2.05) is 0 Å².